The predicted molar refractivity (Wildman–Crippen MR) is 88.1 cm³/mol. The molecule has 0 bridgehead atoms. The van der Waals surface area contributed by atoms with Crippen molar-refractivity contribution < 1.29 is 9.53 Å². The van der Waals surface area contributed by atoms with Crippen LogP contribution in [0.15, 0.2) is 24.3 Å². The number of ether oxygens (including phenoxy) is 1. The third kappa shape index (κ3) is 5.26. The molecule has 1 saturated heterocycles. The molecule has 0 spiro atoms. The molecule has 6 heteroatoms. The minimum atomic E-state index is -0.0105. The van der Waals surface area contributed by atoms with Crippen LogP contribution < -0.4 is 15.4 Å². The number of amides is 1. The Bertz CT molecular complexity index is 420. The quantitative estimate of drug-likeness (QED) is 0.842. The molecule has 1 aliphatic heterocycles. The Morgan fingerprint density at radius 3 is 2.80 bits per heavy atom. The molecule has 2 rings (SSSR count). The first-order valence-corrected chi connectivity index (χ1v) is 8.82. The van der Waals surface area contributed by atoms with Gasteiger partial charge in [-0.1, -0.05) is 0 Å². The number of hydrogen-bond donors (Lipinski definition) is 2. The highest BCUT2D eigenvalue weighted by molar-refractivity contribution is 8.06. The van der Waals surface area contributed by atoms with Gasteiger partial charge in [-0.3, -0.25) is 4.79 Å². The Hall–Kier alpha value is -0.850. The molecule has 0 radical (unpaired) electrons. The summed E-state index contributed by atoms with van der Waals surface area (Å²) >= 11 is 3.99. The molecule has 1 aromatic rings. The maximum absolute atomic E-state index is 11.8. The van der Waals surface area contributed by atoms with Gasteiger partial charge < -0.3 is 15.4 Å². The number of carbonyl (C=O) groups is 1. The second kappa shape index (κ2) is 8.44. The predicted octanol–water partition coefficient (Wildman–Crippen LogP) is 2.07. The maximum atomic E-state index is 11.8. The second-order valence-electron chi connectivity index (χ2n) is 4.48. The van der Waals surface area contributed by atoms with Gasteiger partial charge in [-0.15, -0.1) is 0 Å². The molecule has 4 nitrogen and oxygen atoms in total. The highest BCUT2D eigenvalue weighted by Gasteiger charge is 2.14. The largest absolute Gasteiger partial charge is 0.497 e. The van der Waals surface area contributed by atoms with Crippen LogP contribution >= 0.6 is 23.5 Å². The van der Waals surface area contributed by atoms with Crippen LogP contribution in [0.5, 0.6) is 5.75 Å². The molecule has 0 aromatic heterocycles. The summed E-state index contributed by atoms with van der Waals surface area (Å²) in [4.78, 5) is 11.8. The number of methoxy groups -OCH3 is 1. The molecule has 1 atom stereocenters. The van der Waals surface area contributed by atoms with Gasteiger partial charge in [0.25, 0.3) is 0 Å². The zero-order chi connectivity index (χ0) is 14.2. The van der Waals surface area contributed by atoms with Crippen molar-refractivity contribution in [3.63, 3.8) is 0 Å². The summed E-state index contributed by atoms with van der Waals surface area (Å²) in [6.07, 6.45) is 0. The Kier molecular flexibility index (Phi) is 6.56. The molecule has 1 heterocycles. The maximum Gasteiger partial charge on any atom is 0.238 e. The van der Waals surface area contributed by atoms with Crippen molar-refractivity contribution in [1.29, 1.82) is 0 Å². The van der Waals surface area contributed by atoms with Crippen LogP contribution in [-0.4, -0.2) is 48.6 Å². The fraction of sp³-hybridized carbons (Fsp3) is 0.500. The molecule has 1 unspecified atom stereocenters. The summed E-state index contributed by atoms with van der Waals surface area (Å²) in [7, 11) is 1.62. The van der Waals surface area contributed by atoms with E-state index in [1.165, 1.54) is 17.3 Å². The Balaban J connectivity index is 1.66. The van der Waals surface area contributed by atoms with E-state index in [1.54, 1.807) is 7.11 Å². The number of benzene rings is 1. The lowest BCUT2D eigenvalue weighted by atomic mass is 10.3. The monoisotopic (exact) mass is 312 g/mol. The van der Waals surface area contributed by atoms with E-state index in [4.69, 9.17) is 4.74 Å². The van der Waals surface area contributed by atoms with Crippen LogP contribution in [0.3, 0.4) is 0 Å². The van der Waals surface area contributed by atoms with Crippen LogP contribution in [0, 0.1) is 0 Å². The average Bonchev–Trinajstić information content (AvgIpc) is 2.49. The Morgan fingerprint density at radius 2 is 2.15 bits per heavy atom. The number of carbonyl (C=O) groups excluding carboxylic acids is 1. The summed E-state index contributed by atoms with van der Waals surface area (Å²) < 4.78 is 5.08. The van der Waals surface area contributed by atoms with Crippen LogP contribution in [-0.2, 0) is 4.79 Å². The minimum Gasteiger partial charge on any atom is -0.497 e. The SMILES string of the molecule is COc1ccc(NC(=O)CNCC2CSCCS2)cc1. The Morgan fingerprint density at radius 1 is 1.35 bits per heavy atom. The summed E-state index contributed by atoms with van der Waals surface area (Å²) in [5.74, 6) is 4.42. The zero-order valence-electron chi connectivity index (χ0n) is 11.6. The molecule has 1 fully saturated rings. The zero-order valence-corrected chi connectivity index (χ0v) is 13.2. The molecule has 1 aromatic carbocycles. The molecular weight excluding hydrogens is 292 g/mol. The number of nitrogens with one attached hydrogen (secondary N) is 2. The minimum absolute atomic E-state index is 0.0105. The first kappa shape index (κ1) is 15.5. The first-order chi connectivity index (χ1) is 9.78. The van der Waals surface area contributed by atoms with Crippen LogP contribution in [0.1, 0.15) is 0 Å². The Labute approximate surface area is 128 Å². The third-order valence-corrected chi connectivity index (χ3v) is 5.76. The summed E-state index contributed by atoms with van der Waals surface area (Å²) in [5, 5.41) is 6.72. The van der Waals surface area contributed by atoms with Crippen molar-refractivity contribution in [3.05, 3.63) is 24.3 Å². The van der Waals surface area contributed by atoms with E-state index in [-0.39, 0.29) is 5.91 Å². The van der Waals surface area contributed by atoms with Gasteiger partial charge in [0.05, 0.1) is 13.7 Å². The van der Waals surface area contributed by atoms with Gasteiger partial charge >= 0.3 is 0 Å². The summed E-state index contributed by atoms with van der Waals surface area (Å²) in [6.45, 7) is 1.25. The normalized spacial score (nSPS) is 18.6. The molecule has 2 N–H and O–H groups in total. The van der Waals surface area contributed by atoms with Crippen molar-refractivity contribution in [2.45, 2.75) is 5.25 Å². The standard InChI is InChI=1S/C14H20N2O2S2/c1-18-12-4-2-11(3-5-12)16-14(17)9-15-8-13-10-19-6-7-20-13/h2-5,13,15H,6-10H2,1H3,(H,16,17). The van der Waals surface area contributed by atoms with E-state index < -0.39 is 0 Å². The van der Waals surface area contributed by atoms with E-state index in [9.17, 15) is 4.79 Å². The highest BCUT2D eigenvalue weighted by atomic mass is 32.2. The molecule has 110 valence electrons. The summed E-state index contributed by atoms with van der Waals surface area (Å²) in [5.41, 5.74) is 0.792. The van der Waals surface area contributed by atoms with Crippen molar-refractivity contribution in [2.24, 2.45) is 0 Å². The first-order valence-electron chi connectivity index (χ1n) is 6.62. The topological polar surface area (TPSA) is 50.4 Å². The van der Waals surface area contributed by atoms with Crippen molar-refractivity contribution >= 4 is 35.1 Å². The molecule has 0 saturated carbocycles. The van der Waals surface area contributed by atoms with Crippen molar-refractivity contribution in [1.82, 2.24) is 5.32 Å². The molecule has 1 aliphatic rings. The lowest BCUT2D eigenvalue weighted by molar-refractivity contribution is -0.115. The average molecular weight is 312 g/mol. The smallest absolute Gasteiger partial charge is 0.238 e. The van der Waals surface area contributed by atoms with Crippen LogP contribution in [0.25, 0.3) is 0 Å². The molecular formula is C14H20N2O2S2. The van der Waals surface area contributed by atoms with Crippen LogP contribution in [0.4, 0.5) is 5.69 Å². The van der Waals surface area contributed by atoms with Gasteiger partial charge in [-0.25, -0.2) is 0 Å². The summed E-state index contributed by atoms with van der Waals surface area (Å²) in [6, 6.07) is 7.34. The molecule has 0 aliphatic carbocycles. The van der Waals surface area contributed by atoms with Crippen LogP contribution in [0.2, 0.25) is 0 Å². The number of hydrogen-bond acceptors (Lipinski definition) is 5. The van der Waals surface area contributed by atoms with Gasteiger partial charge in [-0.05, 0) is 24.3 Å². The lowest BCUT2D eigenvalue weighted by Crippen LogP contribution is -2.34. The molecule has 20 heavy (non-hydrogen) atoms. The van der Waals surface area contributed by atoms with Gasteiger partial charge in [0.15, 0.2) is 0 Å². The third-order valence-electron chi connectivity index (χ3n) is 2.92. The number of anilines is 1. The van der Waals surface area contributed by atoms with E-state index >= 15 is 0 Å². The van der Waals surface area contributed by atoms with E-state index in [0.29, 0.717) is 11.8 Å². The van der Waals surface area contributed by atoms with Crippen molar-refractivity contribution in [3.8, 4) is 5.75 Å². The number of rotatable bonds is 6. The fourth-order valence-electron chi connectivity index (χ4n) is 1.88. The van der Waals surface area contributed by atoms with Gasteiger partial charge in [-0.2, -0.15) is 23.5 Å². The number of thioether (sulfide) groups is 2. The molecule has 1 amide bonds. The van der Waals surface area contributed by atoms with E-state index in [1.807, 2.05) is 47.8 Å². The van der Waals surface area contributed by atoms with Gasteiger partial charge in [0.1, 0.15) is 5.75 Å². The van der Waals surface area contributed by atoms with E-state index in [0.717, 1.165) is 18.0 Å². The lowest BCUT2D eigenvalue weighted by Gasteiger charge is -2.21. The van der Waals surface area contributed by atoms with Gasteiger partial charge in [0, 0.05) is 34.7 Å². The second-order valence-corrected chi connectivity index (χ2v) is 7.03. The van der Waals surface area contributed by atoms with E-state index in [2.05, 4.69) is 10.6 Å². The van der Waals surface area contributed by atoms with Crippen molar-refractivity contribution in [2.75, 3.05) is 42.8 Å². The fourth-order valence-corrected chi connectivity index (χ4v) is 4.53. The van der Waals surface area contributed by atoms with Gasteiger partial charge in [0.2, 0.25) is 5.91 Å². The highest BCUT2D eigenvalue weighted by Crippen LogP contribution is 2.23.